The summed E-state index contributed by atoms with van der Waals surface area (Å²) in [6.45, 7) is 0. The Balaban J connectivity index is 1.60. The SMILES string of the molecule is O=C(Nc1ccc(C(F)(F)F)nc1)c1ccc2cc(-c3c(Cl)cccc3Cl)[nH]c2c1. The van der Waals surface area contributed by atoms with E-state index < -0.39 is 17.8 Å². The molecular formula is C21H12Cl2F3N3O. The minimum absolute atomic E-state index is 0.156. The van der Waals surface area contributed by atoms with Crippen molar-refractivity contribution in [3.05, 3.63) is 82.1 Å². The molecule has 2 aromatic heterocycles. The molecule has 0 radical (unpaired) electrons. The Morgan fingerprint density at radius 2 is 1.73 bits per heavy atom. The van der Waals surface area contributed by atoms with Crippen LogP contribution in [0.2, 0.25) is 10.0 Å². The predicted octanol–water partition coefficient (Wildman–Crippen LogP) is 6.81. The summed E-state index contributed by atoms with van der Waals surface area (Å²) in [5.41, 5.74) is 1.48. The van der Waals surface area contributed by atoms with Crippen molar-refractivity contribution in [2.24, 2.45) is 0 Å². The summed E-state index contributed by atoms with van der Waals surface area (Å²) < 4.78 is 37.8. The van der Waals surface area contributed by atoms with Crippen molar-refractivity contribution in [2.75, 3.05) is 5.32 Å². The normalized spacial score (nSPS) is 11.6. The van der Waals surface area contributed by atoms with Crippen LogP contribution < -0.4 is 5.32 Å². The van der Waals surface area contributed by atoms with Crippen LogP contribution in [0.15, 0.2) is 60.8 Å². The number of benzene rings is 2. The second kappa shape index (κ2) is 7.66. The highest BCUT2D eigenvalue weighted by atomic mass is 35.5. The molecule has 152 valence electrons. The van der Waals surface area contributed by atoms with E-state index in [1.54, 1.807) is 36.4 Å². The number of amides is 1. The number of nitrogens with zero attached hydrogens (tertiary/aromatic N) is 1. The van der Waals surface area contributed by atoms with Crippen LogP contribution in [-0.4, -0.2) is 15.9 Å². The summed E-state index contributed by atoms with van der Waals surface area (Å²) in [5, 5.41) is 4.35. The molecule has 4 aromatic rings. The van der Waals surface area contributed by atoms with Crippen molar-refractivity contribution in [1.82, 2.24) is 9.97 Å². The third-order valence-corrected chi connectivity index (χ3v) is 5.06. The first kappa shape index (κ1) is 20.3. The molecule has 0 fully saturated rings. The Kier molecular flexibility index (Phi) is 5.17. The first-order valence-corrected chi connectivity index (χ1v) is 9.40. The van der Waals surface area contributed by atoms with E-state index in [2.05, 4.69) is 15.3 Å². The summed E-state index contributed by atoms with van der Waals surface area (Å²) in [4.78, 5) is 19.0. The van der Waals surface area contributed by atoms with Crippen LogP contribution >= 0.6 is 23.2 Å². The maximum absolute atomic E-state index is 12.6. The molecule has 0 aliphatic carbocycles. The third kappa shape index (κ3) is 3.99. The topological polar surface area (TPSA) is 57.8 Å². The highest BCUT2D eigenvalue weighted by Gasteiger charge is 2.32. The Labute approximate surface area is 178 Å². The van der Waals surface area contributed by atoms with E-state index in [1.807, 2.05) is 6.07 Å². The number of H-pyrrole nitrogens is 1. The smallest absolute Gasteiger partial charge is 0.354 e. The molecule has 2 heterocycles. The number of aromatic nitrogens is 2. The number of anilines is 1. The lowest BCUT2D eigenvalue weighted by molar-refractivity contribution is -0.141. The summed E-state index contributed by atoms with van der Waals surface area (Å²) in [6.07, 6.45) is -3.57. The van der Waals surface area contributed by atoms with Crippen LogP contribution in [0.4, 0.5) is 18.9 Å². The van der Waals surface area contributed by atoms with Gasteiger partial charge in [-0.1, -0.05) is 35.3 Å². The average Bonchev–Trinajstić information content (AvgIpc) is 3.10. The van der Waals surface area contributed by atoms with Crippen LogP contribution in [0.25, 0.3) is 22.2 Å². The number of pyridine rings is 1. The van der Waals surface area contributed by atoms with E-state index >= 15 is 0 Å². The zero-order chi connectivity index (χ0) is 21.5. The van der Waals surface area contributed by atoms with Gasteiger partial charge in [-0.25, -0.2) is 4.98 Å². The van der Waals surface area contributed by atoms with Crippen molar-refractivity contribution in [3.63, 3.8) is 0 Å². The van der Waals surface area contributed by atoms with Crippen molar-refractivity contribution >= 4 is 45.7 Å². The Bertz CT molecular complexity index is 1230. The first-order valence-electron chi connectivity index (χ1n) is 8.64. The highest BCUT2D eigenvalue weighted by molar-refractivity contribution is 6.39. The zero-order valence-corrected chi connectivity index (χ0v) is 16.5. The van der Waals surface area contributed by atoms with Crippen LogP contribution in [0.3, 0.4) is 0 Å². The predicted molar refractivity (Wildman–Crippen MR) is 111 cm³/mol. The number of hydrogen-bond acceptors (Lipinski definition) is 2. The van der Waals surface area contributed by atoms with Gasteiger partial charge >= 0.3 is 6.18 Å². The number of fused-ring (bicyclic) bond motifs is 1. The summed E-state index contributed by atoms with van der Waals surface area (Å²) >= 11 is 12.5. The lowest BCUT2D eigenvalue weighted by atomic mass is 10.1. The molecule has 4 rings (SSSR count). The van der Waals surface area contributed by atoms with E-state index in [0.29, 0.717) is 32.4 Å². The fourth-order valence-electron chi connectivity index (χ4n) is 3.00. The second-order valence-electron chi connectivity index (χ2n) is 6.47. The Hall–Kier alpha value is -3.03. The lowest BCUT2D eigenvalue weighted by Crippen LogP contribution is -2.13. The van der Waals surface area contributed by atoms with Gasteiger partial charge < -0.3 is 10.3 Å². The van der Waals surface area contributed by atoms with Gasteiger partial charge in [-0.2, -0.15) is 13.2 Å². The average molecular weight is 450 g/mol. The second-order valence-corrected chi connectivity index (χ2v) is 7.28. The van der Waals surface area contributed by atoms with Crippen LogP contribution in [0.1, 0.15) is 16.1 Å². The van der Waals surface area contributed by atoms with Gasteiger partial charge in [-0.15, -0.1) is 0 Å². The molecule has 2 aromatic carbocycles. The van der Waals surface area contributed by atoms with Crippen LogP contribution in [0.5, 0.6) is 0 Å². The minimum atomic E-state index is -4.54. The Morgan fingerprint density at radius 1 is 1.00 bits per heavy atom. The molecule has 0 saturated carbocycles. The molecule has 0 unspecified atom stereocenters. The molecule has 0 aliphatic rings. The quantitative estimate of drug-likeness (QED) is 0.360. The molecule has 2 N–H and O–H groups in total. The standard InChI is InChI=1S/C21H12Cl2F3N3O/c22-14-2-1-3-15(23)19(14)17-8-11-4-5-12(9-16(11)29-17)20(30)28-13-6-7-18(27-10-13)21(24,25)26/h1-10,29H,(H,28,30). The van der Waals surface area contributed by atoms with Gasteiger partial charge in [-0.3, -0.25) is 4.79 Å². The number of nitrogens with one attached hydrogen (secondary N) is 2. The van der Waals surface area contributed by atoms with Gasteiger partial charge in [0.2, 0.25) is 0 Å². The molecule has 0 atom stereocenters. The molecule has 1 amide bonds. The van der Waals surface area contributed by atoms with E-state index in [1.165, 1.54) is 0 Å². The molecule has 0 spiro atoms. The van der Waals surface area contributed by atoms with Crippen LogP contribution in [0, 0.1) is 0 Å². The van der Waals surface area contributed by atoms with Gasteiger partial charge in [0.1, 0.15) is 5.69 Å². The number of hydrogen-bond donors (Lipinski definition) is 2. The number of carbonyl (C=O) groups is 1. The van der Waals surface area contributed by atoms with E-state index in [-0.39, 0.29) is 5.69 Å². The molecule has 9 heteroatoms. The summed E-state index contributed by atoms with van der Waals surface area (Å²) in [5.74, 6) is -0.481. The number of carbonyl (C=O) groups excluding carboxylic acids is 1. The van der Waals surface area contributed by atoms with E-state index in [4.69, 9.17) is 23.2 Å². The number of aromatic amines is 1. The molecule has 0 aliphatic heterocycles. The van der Waals surface area contributed by atoms with Gasteiger partial charge in [-0.05, 0) is 42.5 Å². The fraction of sp³-hybridized carbons (Fsp3) is 0.0476. The Morgan fingerprint density at radius 3 is 2.37 bits per heavy atom. The largest absolute Gasteiger partial charge is 0.433 e. The number of rotatable bonds is 3. The summed E-state index contributed by atoms with van der Waals surface area (Å²) in [6, 6.07) is 14.0. The lowest BCUT2D eigenvalue weighted by Gasteiger charge is -2.08. The maximum atomic E-state index is 12.6. The molecule has 30 heavy (non-hydrogen) atoms. The molecule has 4 nitrogen and oxygen atoms in total. The van der Waals surface area contributed by atoms with Crippen molar-refractivity contribution in [3.8, 4) is 11.3 Å². The molecule has 0 bridgehead atoms. The number of halogens is 5. The van der Waals surface area contributed by atoms with Crippen LogP contribution in [-0.2, 0) is 6.18 Å². The maximum Gasteiger partial charge on any atom is 0.433 e. The number of alkyl halides is 3. The third-order valence-electron chi connectivity index (χ3n) is 4.43. The van der Waals surface area contributed by atoms with Crippen molar-refractivity contribution in [2.45, 2.75) is 6.18 Å². The van der Waals surface area contributed by atoms with Gasteiger partial charge in [0.25, 0.3) is 5.91 Å². The van der Waals surface area contributed by atoms with E-state index in [9.17, 15) is 18.0 Å². The van der Waals surface area contributed by atoms with Gasteiger partial charge in [0, 0.05) is 27.7 Å². The van der Waals surface area contributed by atoms with Gasteiger partial charge in [0.05, 0.1) is 21.9 Å². The van der Waals surface area contributed by atoms with Crippen molar-refractivity contribution in [1.29, 1.82) is 0 Å². The monoisotopic (exact) mass is 449 g/mol. The van der Waals surface area contributed by atoms with Crippen molar-refractivity contribution < 1.29 is 18.0 Å². The summed E-state index contributed by atoms with van der Waals surface area (Å²) in [7, 11) is 0. The highest BCUT2D eigenvalue weighted by Crippen LogP contribution is 2.35. The minimum Gasteiger partial charge on any atom is -0.354 e. The zero-order valence-electron chi connectivity index (χ0n) is 15.0. The first-order chi connectivity index (χ1) is 14.2. The molecule has 0 saturated heterocycles. The van der Waals surface area contributed by atoms with E-state index in [0.717, 1.165) is 23.7 Å². The van der Waals surface area contributed by atoms with Gasteiger partial charge in [0.15, 0.2) is 0 Å². The molecular weight excluding hydrogens is 438 g/mol. The fourth-order valence-corrected chi connectivity index (χ4v) is 3.60.